The van der Waals surface area contributed by atoms with Gasteiger partial charge in [0.25, 0.3) is 0 Å². The minimum absolute atomic E-state index is 0.152. The number of carbonyl (C=O) groups is 1. The van der Waals surface area contributed by atoms with Gasteiger partial charge in [0.1, 0.15) is 23.0 Å². The fraction of sp³-hybridized carbons (Fsp3) is 0.0800. The van der Waals surface area contributed by atoms with Crippen molar-refractivity contribution >= 4 is 22.8 Å². The predicted octanol–water partition coefficient (Wildman–Crippen LogP) is 5.93. The number of fused-ring (bicyclic) bond motifs is 1. The van der Waals surface area contributed by atoms with Crippen molar-refractivity contribution in [3.63, 3.8) is 0 Å². The Bertz CT molecular complexity index is 1410. The van der Waals surface area contributed by atoms with E-state index in [1.165, 1.54) is 23.5 Å². The number of carbonyl (C=O) groups excluding carboxylic acids is 1. The van der Waals surface area contributed by atoms with Crippen LogP contribution in [0.5, 0.6) is 0 Å². The summed E-state index contributed by atoms with van der Waals surface area (Å²) in [6.45, 7) is 2.04. The molecule has 0 aliphatic heterocycles. The van der Waals surface area contributed by atoms with Gasteiger partial charge < -0.3 is 4.74 Å². The van der Waals surface area contributed by atoms with E-state index < -0.39 is 0 Å². The number of halogens is 1. The Balaban J connectivity index is 1.55. The number of hydrogen-bond acceptors (Lipinski definition) is 5. The van der Waals surface area contributed by atoms with Gasteiger partial charge in [-0.25, -0.2) is 13.7 Å². The number of thiophene rings is 1. The summed E-state index contributed by atoms with van der Waals surface area (Å²) in [4.78, 5) is 17.1. The molecule has 0 radical (unpaired) electrons. The Labute approximate surface area is 187 Å². The Morgan fingerprint density at radius 3 is 2.56 bits per heavy atom. The van der Waals surface area contributed by atoms with Crippen molar-refractivity contribution in [2.75, 3.05) is 0 Å². The molecular formula is C25H18FN3O2S. The maximum Gasteiger partial charge on any atom is 0.348 e. The molecule has 0 aliphatic rings. The van der Waals surface area contributed by atoms with Gasteiger partial charge in [0.05, 0.1) is 5.52 Å². The molecular weight excluding hydrogens is 425 g/mol. The predicted molar refractivity (Wildman–Crippen MR) is 122 cm³/mol. The largest absolute Gasteiger partial charge is 0.457 e. The van der Waals surface area contributed by atoms with E-state index in [1.807, 2.05) is 48.8 Å². The molecule has 7 heteroatoms. The van der Waals surface area contributed by atoms with Gasteiger partial charge in [-0.05, 0) is 83.6 Å². The Hall–Kier alpha value is -3.84. The topological polar surface area (TPSA) is 56.5 Å². The van der Waals surface area contributed by atoms with Crippen molar-refractivity contribution in [1.82, 2.24) is 14.6 Å². The Morgan fingerprint density at radius 1 is 1.06 bits per heavy atom. The first kappa shape index (κ1) is 20.1. The minimum atomic E-state index is -0.327. The molecule has 0 bridgehead atoms. The van der Waals surface area contributed by atoms with Gasteiger partial charge in [0, 0.05) is 29.7 Å². The highest BCUT2D eigenvalue weighted by molar-refractivity contribution is 7.12. The number of aromatic nitrogens is 3. The first-order chi connectivity index (χ1) is 15.6. The summed E-state index contributed by atoms with van der Waals surface area (Å²) in [5.41, 5.74) is 6.01. The first-order valence-corrected chi connectivity index (χ1v) is 10.9. The zero-order valence-corrected chi connectivity index (χ0v) is 18.0. The van der Waals surface area contributed by atoms with Crippen LogP contribution in [-0.4, -0.2) is 20.6 Å². The summed E-state index contributed by atoms with van der Waals surface area (Å²) in [6, 6.07) is 15.8. The number of benzene rings is 1. The van der Waals surface area contributed by atoms with Gasteiger partial charge in [-0.3, -0.25) is 4.98 Å². The highest BCUT2D eigenvalue weighted by Crippen LogP contribution is 2.35. The fourth-order valence-electron chi connectivity index (χ4n) is 3.59. The van der Waals surface area contributed by atoms with E-state index in [-0.39, 0.29) is 18.4 Å². The Morgan fingerprint density at radius 2 is 1.84 bits per heavy atom. The van der Waals surface area contributed by atoms with Crippen LogP contribution in [-0.2, 0) is 11.3 Å². The molecule has 0 saturated carbocycles. The van der Waals surface area contributed by atoms with Gasteiger partial charge in [0.15, 0.2) is 0 Å². The molecule has 32 heavy (non-hydrogen) atoms. The SMILES string of the molecule is Cc1ccsc1C(=O)OCc1ccn2nc(-c3ccc(F)cc3)c(-c3ccncc3)c2c1. The summed E-state index contributed by atoms with van der Waals surface area (Å²) in [5.74, 6) is -0.625. The summed E-state index contributed by atoms with van der Waals surface area (Å²) in [6.07, 6.45) is 5.29. The lowest BCUT2D eigenvalue weighted by Crippen LogP contribution is -2.05. The molecule has 0 atom stereocenters. The molecule has 0 spiro atoms. The van der Waals surface area contributed by atoms with E-state index in [9.17, 15) is 9.18 Å². The van der Waals surface area contributed by atoms with Gasteiger partial charge in [-0.15, -0.1) is 11.3 Å². The van der Waals surface area contributed by atoms with Crippen LogP contribution in [0.1, 0.15) is 20.8 Å². The van der Waals surface area contributed by atoms with Crippen molar-refractivity contribution in [1.29, 1.82) is 0 Å². The van der Waals surface area contributed by atoms with Crippen LogP contribution in [0.4, 0.5) is 4.39 Å². The maximum absolute atomic E-state index is 13.5. The second-order valence-electron chi connectivity index (χ2n) is 7.34. The summed E-state index contributed by atoms with van der Waals surface area (Å²) in [7, 11) is 0. The zero-order chi connectivity index (χ0) is 22.1. The normalized spacial score (nSPS) is 11.1. The van der Waals surface area contributed by atoms with E-state index in [0.29, 0.717) is 4.88 Å². The molecule has 0 aliphatic carbocycles. The monoisotopic (exact) mass is 443 g/mol. The lowest BCUT2D eigenvalue weighted by Gasteiger charge is -2.07. The maximum atomic E-state index is 13.5. The lowest BCUT2D eigenvalue weighted by atomic mass is 10.00. The molecule has 0 fully saturated rings. The molecule has 1 aromatic carbocycles. The van der Waals surface area contributed by atoms with Crippen LogP contribution >= 0.6 is 11.3 Å². The van der Waals surface area contributed by atoms with E-state index in [2.05, 4.69) is 4.98 Å². The van der Waals surface area contributed by atoms with Crippen LogP contribution in [0, 0.1) is 12.7 Å². The number of ether oxygens (including phenoxy) is 1. The third-order valence-corrected chi connectivity index (χ3v) is 6.20. The average Bonchev–Trinajstić information content (AvgIpc) is 3.41. The van der Waals surface area contributed by atoms with Crippen molar-refractivity contribution < 1.29 is 13.9 Å². The Kier molecular flexibility index (Phi) is 5.25. The van der Waals surface area contributed by atoms with Crippen molar-refractivity contribution in [3.05, 3.63) is 100 Å². The fourth-order valence-corrected chi connectivity index (χ4v) is 4.41. The van der Waals surface area contributed by atoms with Crippen molar-refractivity contribution in [2.24, 2.45) is 0 Å². The summed E-state index contributed by atoms with van der Waals surface area (Å²) < 4.78 is 20.8. The van der Waals surface area contributed by atoms with Crippen LogP contribution in [0.2, 0.25) is 0 Å². The molecule has 0 N–H and O–H groups in total. The third kappa shape index (κ3) is 3.78. The summed E-state index contributed by atoms with van der Waals surface area (Å²) >= 11 is 1.38. The molecule has 5 rings (SSSR count). The number of nitrogens with zero attached hydrogens (tertiary/aromatic N) is 3. The molecule has 0 saturated heterocycles. The van der Waals surface area contributed by atoms with E-state index in [1.54, 1.807) is 29.0 Å². The van der Waals surface area contributed by atoms with Crippen LogP contribution in [0.15, 0.2) is 78.6 Å². The molecule has 4 aromatic heterocycles. The average molecular weight is 444 g/mol. The standard InChI is InChI=1S/C25H18FN3O2S/c1-16-9-13-32-24(16)25(30)31-15-17-8-12-29-21(14-17)22(18-6-10-27-11-7-18)23(28-29)19-2-4-20(26)5-3-19/h2-14H,15H2,1H3. The highest BCUT2D eigenvalue weighted by atomic mass is 32.1. The van der Waals surface area contributed by atoms with Gasteiger partial charge in [0.2, 0.25) is 0 Å². The van der Waals surface area contributed by atoms with Crippen LogP contribution in [0.3, 0.4) is 0 Å². The summed E-state index contributed by atoms with van der Waals surface area (Å²) in [5, 5.41) is 6.62. The van der Waals surface area contributed by atoms with Crippen LogP contribution < -0.4 is 0 Å². The van der Waals surface area contributed by atoms with E-state index >= 15 is 0 Å². The second kappa shape index (κ2) is 8.36. The minimum Gasteiger partial charge on any atom is -0.457 e. The number of rotatable bonds is 5. The number of hydrogen-bond donors (Lipinski definition) is 0. The van der Waals surface area contributed by atoms with Crippen LogP contribution in [0.25, 0.3) is 27.9 Å². The lowest BCUT2D eigenvalue weighted by molar-refractivity contribution is 0.0478. The number of aryl methyl sites for hydroxylation is 1. The number of esters is 1. The van der Waals surface area contributed by atoms with E-state index in [0.717, 1.165) is 39.0 Å². The van der Waals surface area contributed by atoms with Gasteiger partial charge >= 0.3 is 5.97 Å². The second-order valence-corrected chi connectivity index (χ2v) is 8.26. The third-order valence-electron chi connectivity index (χ3n) is 5.20. The quantitative estimate of drug-likeness (QED) is 0.316. The number of pyridine rings is 2. The van der Waals surface area contributed by atoms with Crippen molar-refractivity contribution in [2.45, 2.75) is 13.5 Å². The van der Waals surface area contributed by atoms with Crippen molar-refractivity contribution in [3.8, 4) is 22.4 Å². The molecule has 5 nitrogen and oxygen atoms in total. The molecule has 5 aromatic rings. The van der Waals surface area contributed by atoms with Gasteiger partial charge in [-0.1, -0.05) is 0 Å². The molecule has 158 valence electrons. The molecule has 0 unspecified atom stereocenters. The molecule has 4 heterocycles. The highest BCUT2D eigenvalue weighted by Gasteiger charge is 2.18. The van der Waals surface area contributed by atoms with Gasteiger partial charge in [-0.2, -0.15) is 5.10 Å². The first-order valence-electron chi connectivity index (χ1n) is 9.99. The molecule has 0 amide bonds. The van der Waals surface area contributed by atoms with E-state index in [4.69, 9.17) is 9.84 Å². The smallest absolute Gasteiger partial charge is 0.348 e. The zero-order valence-electron chi connectivity index (χ0n) is 17.2.